The molecule has 2 amide bonds. The molecule has 0 aliphatic carbocycles. The Morgan fingerprint density at radius 1 is 0.784 bits per heavy atom. The average Bonchev–Trinajstić information content (AvgIpc) is 2.91. The van der Waals surface area contributed by atoms with E-state index in [1.54, 1.807) is 91.0 Å². The van der Waals surface area contributed by atoms with E-state index in [0.29, 0.717) is 22.1 Å². The Balaban J connectivity index is 1.75. The molecular formula is C29H23NO7. The minimum absolute atomic E-state index is 0.0170. The van der Waals surface area contributed by atoms with Gasteiger partial charge in [-0.15, -0.1) is 0 Å². The topological polar surface area (TPSA) is 122 Å². The van der Waals surface area contributed by atoms with Crippen molar-refractivity contribution in [3.63, 3.8) is 0 Å². The molecule has 0 aromatic heterocycles. The summed E-state index contributed by atoms with van der Waals surface area (Å²) in [4.78, 5) is 36.8. The third-order valence-corrected chi connectivity index (χ3v) is 5.47. The van der Waals surface area contributed by atoms with Crippen LogP contribution in [0.15, 0.2) is 109 Å². The summed E-state index contributed by atoms with van der Waals surface area (Å²) in [5.41, 5.74) is 0.695. The van der Waals surface area contributed by atoms with Gasteiger partial charge < -0.3 is 19.7 Å². The number of carboxylic acid groups (broad SMARTS) is 1. The minimum atomic E-state index is -1.22. The van der Waals surface area contributed by atoms with E-state index < -0.39 is 30.2 Å². The number of carbonyl (C=O) groups is 3. The number of aliphatic carboxylic acids is 1. The molecule has 0 heterocycles. The third-order valence-electron chi connectivity index (χ3n) is 5.47. The molecule has 0 unspecified atom stereocenters. The van der Waals surface area contributed by atoms with Crippen LogP contribution < -0.4 is 10.1 Å². The van der Waals surface area contributed by atoms with Crippen LogP contribution in [0.5, 0.6) is 11.5 Å². The van der Waals surface area contributed by atoms with E-state index in [0.717, 1.165) is 6.08 Å². The van der Waals surface area contributed by atoms with E-state index in [9.17, 15) is 24.6 Å². The van der Waals surface area contributed by atoms with Crippen LogP contribution in [0.3, 0.4) is 0 Å². The lowest BCUT2D eigenvalue weighted by molar-refractivity contribution is -0.131. The first kappa shape index (κ1) is 25.0. The Hall–Kier alpha value is -5.11. The highest BCUT2D eigenvalue weighted by Crippen LogP contribution is 2.35. The number of imide groups is 1. The third kappa shape index (κ3) is 6.32. The Labute approximate surface area is 212 Å². The minimum Gasteiger partial charge on any atom is -0.507 e. The molecule has 2 atom stereocenters. The number of para-hydroxylation sites is 1. The van der Waals surface area contributed by atoms with E-state index in [4.69, 9.17) is 9.47 Å². The van der Waals surface area contributed by atoms with Crippen molar-refractivity contribution in [2.45, 2.75) is 12.2 Å². The van der Waals surface area contributed by atoms with E-state index in [-0.39, 0.29) is 11.3 Å². The van der Waals surface area contributed by atoms with Crippen molar-refractivity contribution in [1.29, 1.82) is 0 Å². The highest BCUT2D eigenvalue weighted by atomic mass is 16.6. The molecule has 8 heteroatoms. The predicted molar refractivity (Wildman–Crippen MR) is 136 cm³/mol. The lowest BCUT2D eigenvalue weighted by Gasteiger charge is -2.27. The number of carboxylic acids is 1. The second kappa shape index (κ2) is 11.5. The zero-order valence-corrected chi connectivity index (χ0v) is 19.5. The van der Waals surface area contributed by atoms with Gasteiger partial charge in [-0.3, -0.25) is 10.1 Å². The van der Waals surface area contributed by atoms with Crippen molar-refractivity contribution >= 4 is 28.7 Å². The summed E-state index contributed by atoms with van der Waals surface area (Å²) in [6.45, 7) is 0. The van der Waals surface area contributed by atoms with Gasteiger partial charge in [0.15, 0.2) is 12.2 Å². The van der Waals surface area contributed by atoms with Gasteiger partial charge in [0.2, 0.25) is 0 Å². The normalized spacial score (nSPS) is 12.5. The smallest absolute Gasteiger partial charge is 0.414 e. The first-order chi connectivity index (χ1) is 17.9. The first-order valence-electron chi connectivity index (χ1n) is 11.3. The van der Waals surface area contributed by atoms with Crippen LogP contribution in [0.4, 0.5) is 4.79 Å². The summed E-state index contributed by atoms with van der Waals surface area (Å²) in [6.07, 6.45) is -1.22. The van der Waals surface area contributed by atoms with Gasteiger partial charge in [0, 0.05) is 22.6 Å². The van der Waals surface area contributed by atoms with Gasteiger partial charge in [0.05, 0.1) is 0 Å². The summed E-state index contributed by atoms with van der Waals surface area (Å²) in [5, 5.41) is 22.9. The van der Waals surface area contributed by atoms with Crippen molar-refractivity contribution in [1.82, 2.24) is 5.32 Å². The van der Waals surface area contributed by atoms with E-state index in [1.165, 1.54) is 12.1 Å². The number of phenols is 1. The summed E-state index contributed by atoms with van der Waals surface area (Å²) >= 11 is 0. The van der Waals surface area contributed by atoms with E-state index >= 15 is 0 Å². The summed E-state index contributed by atoms with van der Waals surface area (Å²) < 4.78 is 11.8. The number of ether oxygens (including phenoxy) is 2. The lowest BCUT2D eigenvalue weighted by Crippen LogP contribution is -2.36. The summed E-state index contributed by atoms with van der Waals surface area (Å²) in [5.74, 6) is -1.47. The number of hydrogen-bond acceptors (Lipinski definition) is 6. The largest absolute Gasteiger partial charge is 0.507 e. The highest BCUT2D eigenvalue weighted by Gasteiger charge is 2.30. The van der Waals surface area contributed by atoms with Gasteiger partial charge in [-0.05, 0) is 41.8 Å². The van der Waals surface area contributed by atoms with Gasteiger partial charge in [-0.25, -0.2) is 9.59 Å². The molecule has 186 valence electrons. The molecule has 0 saturated heterocycles. The Bertz CT molecular complexity index is 1430. The van der Waals surface area contributed by atoms with Crippen molar-refractivity contribution in [2.24, 2.45) is 0 Å². The zero-order chi connectivity index (χ0) is 26.2. The molecule has 0 bridgehead atoms. The monoisotopic (exact) mass is 497 g/mol. The number of rotatable bonds is 8. The van der Waals surface area contributed by atoms with Crippen LogP contribution >= 0.6 is 0 Å². The quantitative estimate of drug-likeness (QED) is 0.285. The molecule has 0 saturated carbocycles. The molecule has 0 aliphatic rings. The maximum atomic E-state index is 12.9. The van der Waals surface area contributed by atoms with Gasteiger partial charge in [-0.2, -0.15) is 0 Å². The van der Waals surface area contributed by atoms with Crippen LogP contribution in [0.2, 0.25) is 0 Å². The number of phenolic OH excluding ortho intramolecular Hbond substituents is 1. The number of carbonyl (C=O) groups excluding carboxylic acids is 2. The highest BCUT2D eigenvalue weighted by molar-refractivity contribution is 6.03. The lowest BCUT2D eigenvalue weighted by atomic mass is 9.96. The Kier molecular flexibility index (Phi) is 7.80. The van der Waals surface area contributed by atoms with Crippen LogP contribution in [-0.4, -0.2) is 34.3 Å². The number of fused-ring (bicyclic) bond motifs is 1. The summed E-state index contributed by atoms with van der Waals surface area (Å²) in [6, 6.07) is 26.7. The Morgan fingerprint density at radius 2 is 1.41 bits per heavy atom. The van der Waals surface area contributed by atoms with Crippen LogP contribution in [0.25, 0.3) is 10.8 Å². The molecule has 0 spiro atoms. The zero-order valence-electron chi connectivity index (χ0n) is 19.5. The van der Waals surface area contributed by atoms with Crippen molar-refractivity contribution in [3.05, 3.63) is 120 Å². The number of aromatic hydroxyl groups is 1. The molecule has 0 radical (unpaired) electrons. The number of hydrogen-bond donors (Lipinski definition) is 3. The molecule has 0 fully saturated rings. The second-order valence-electron chi connectivity index (χ2n) is 7.96. The van der Waals surface area contributed by atoms with Crippen LogP contribution in [0, 0.1) is 0 Å². The SMILES string of the molecule is O=C(O)/C=C/[C@H](Oc1ccccc1)[C@@H](OC(=O)NC(=O)c1ccccc1)c1ccc(O)c2ccccc12. The maximum absolute atomic E-state index is 12.9. The van der Waals surface area contributed by atoms with Gasteiger partial charge in [0.1, 0.15) is 11.5 Å². The fraction of sp³-hybridized carbons (Fsp3) is 0.0690. The maximum Gasteiger partial charge on any atom is 0.414 e. The fourth-order valence-electron chi connectivity index (χ4n) is 3.80. The molecular weight excluding hydrogens is 474 g/mol. The number of benzene rings is 4. The molecule has 3 N–H and O–H groups in total. The van der Waals surface area contributed by atoms with Crippen LogP contribution in [0.1, 0.15) is 22.0 Å². The van der Waals surface area contributed by atoms with Gasteiger partial charge in [-0.1, -0.05) is 66.7 Å². The molecule has 8 nitrogen and oxygen atoms in total. The van der Waals surface area contributed by atoms with Crippen molar-refractivity contribution in [3.8, 4) is 11.5 Å². The number of amides is 2. The summed E-state index contributed by atoms with van der Waals surface area (Å²) in [7, 11) is 0. The predicted octanol–water partition coefficient (Wildman–Crippen LogP) is 5.24. The standard InChI is InChI=1S/C29H23NO7/c31-24-16-15-23(21-13-7-8-14-22(21)24)27(37-29(35)30-28(34)19-9-3-1-4-10-19)25(17-18-26(32)33)36-20-11-5-2-6-12-20/h1-18,25,27,31H,(H,32,33)(H,30,34,35)/b18-17+/t25-,27-/m0/s1. The molecule has 4 rings (SSSR count). The average molecular weight is 498 g/mol. The molecule has 4 aromatic carbocycles. The van der Waals surface area contributed by atoms with Crippen molar-refractivity contribution < 1.29 is 34.1 Å². The van der Waals surface area contributed by atoms with Gasteiger partial charge in [0.25, 0.3) is 5.91 Å². The molecule has 37 heavy (non-hydrogen) atoms. The molecule has 0 aliphatic heterocycles. The fourth-order valence-corrected chi connectivity index (χ4v) is 3.80. The Morgan fingerprint density at radius 3 is 2.08 bits per heavy atom. The number of alkyl carbamates (subject to hydrolysis) is 1. The first-order valence-corrected chi connectivity index (χ1v) is 11.3. The number of nitrogens with one attached hydrogen (secondary N) is 1. The van der Waals surface area contributed by atoms with E-state index in [1.807, 2.05) is 0 Å². The molecule has 4 aromatic rings. The second-order valence-corrected chi connectivity index (χ2v) is 7.96. The van der Waals surface area contributed by atoms with Crippen molar-refractivity contribution in [2.75, 3.05) is 0 Å². The van der Waals surface area contributed by atoms with Gasteiger partial charge >= 0.3 is 12.1 Å². The van der Waals surface area contributed by atoms with Crippen LogP contribution in [-0.2, 0) is 9.53 Å². The van der Waals surface area contributed by atoms with E-state index in [2.05, 4.69) is 5.32 Å².